The average molecular weight is 179 g/mol. The molecule has 2 heteroatoms. The summed E-state index contributed by atoms with van der Waals surface area (Å²) in [6.45, 7) is 4.17. The van der Waals surface area contributed by atoms with Crippen molar-refractivity contribution in [2.24, 2.45) is 17.8 Å². The van der Waals surface area contributed by atoms with E-state index < -0.39 is 0 Å². The molecule has 0 aromatic heterocycles. The third kappa shape index (κ3) is 1.68. The summed E-state index contributed by atoms with van der Waals surface area (Å²) in [5.41, 5.74) is 0. The fourth-order valence-corrected chi connectivity index (χ4v) is 2.70. The molecule has 1 saturated carbocycles. The Morgan fingerprint density at radius 3 is 2.46 bits per heavy atom. The van der Waals surface area contributed by atoms with Gasteiger partial charge in [-0.2, -0.15) is 0 Å². The topological polar surface area (TPSA) is 29.1 Å². The van der Waals surface area contributed by atoms with Gasteiger partial charge in [0.2, 0.25) is 0 Å². The highest BCUT2D eigenvalue weighted by molar-refractivity contribution is 5.91. The third-order valence-corrected chi connectivity index (χ3v) is 3.39. The van der Waals surface area contributed by atoms with Crippen molar-refractivity contribution < 1.29 is 4.79 Å². The summed E-state index contributed by atoms with van der Waals surface area (Å²) in [5.74, 6) is 2.23. The summed E-state index contributed by atoms with van der Waals surface area (Å²) in [5, 5.41) is 3.39. The van der Waals surface area contributed by atoms with Crippen LogP contribution >= 0.6 is 0 Å². The summed E-state index contributed by atoms with van der Waals surface area (Å²) < 4.78 is 0. The van der Waals surface area contributed by atoms with Crippen molar-refractivity contribution in [1.82, 2.24) is 5.32 Å². The largest absolute Gasteiger partial charge is 0.316 e. The van der Waals surface area contributed by atoms with E-state index in [1.165, 1.54) is 0 Å². The number of fused-ring (bicyclic) bond motifs is 1. The Balaban J connectivity index is 1.95. The Labute approximate surface area is 79.4 Å². The highest BCUT2D eigenvalue weighted by atomic mass is 16.1. The Bertz CT molecular complexity index is 222. The maximum Gasteiger partial charge on any atom is 0.158 e. The Hall–Kier alpha value is -0.630. The van der Waals surface area contributed by atoms with Crippen LogP contribution in [0.3, 0.4) is 0 Å². The summed E-state index contributed by atoms with van der Waals surface area (Å²) in [6, 6.07) is 0. The number of allylic oxidation sites excluding steroid dienone is 2. The Morgan fingerprint density at radius 2 is 1.92 bits per heavy atom. The smallest absolute Gasteiger partial charge is 0.158 e. The molecule has 0 bridgehead atoms. The van der Waals surface area contributed by atoms with Gasteiger partial charge in [-0.3, -0.25) is 4.79 Å². The van der Waals surface area contributed by atoms with Gasteiger partial charge in [-0.15, -0.1) is 0 Å². The molecule has 13 heavy (non-hydrogen) atoms. The van der Waals surface area contributed by atoms with E-state index in [4.69, 9.17) is 0 Å². The van der Waals surface area contributed by atoms with Crippen LogP contribution in [0.5, 0.6) is 0 Å². The minimum absolute atomic E-state index is 0.327. The third-order valence-electron chi connectivity index (χ3n) is 3.39. The van der Waals surface area contributed by atoms with E-state index >= 15 is 0 Å². The first kappa shape index (κ1) is 8.95. The molecule has 0 aromatic rings. The van der Waals surface area contributed by atoms with Crippen LogP contribution in [0.1, 0.15) is 19.8 Å². The standard InChI is InChI=1S/C11H17NO/c1-2-3-11(13)8-4-9-6-12-7-10(9)5-8/h2-3,8-10,12H,4-7H2,1H3/t9-,10-/m0/s1. The number of hydrogen-bond acceptors (Lipinski definition) is 2. The van der Waals surface area contributed by atoms with Gasteiger partial charge in [-0.05, 0) is 50.8 Å². The normalized spacial score (nSPS) is 34.2. The first-order valence-corrected chi connectivity index (χ1v) is 5.18. The van der Waals surface area contributed by atoms with Gasteiger partial charge in [-0.1, -0.05) is 6.08 Å². The van der Waals surface area contributed by atoms with Gasteiger partial charge in [0, 0.05) is 5.92 Å². The average Bonchev–Trinajstić information content (AvgIpc) is 2.61. The molecule has 2 fully saturated rings. The SMILES string of the molecule is CC=CC(=O)C1C[C@H]2CNC[C@@H]2C1. The first-order valence-electron chi connectivity index (χ1n) is 5.18. The van der Waals surface area contributed by atoms with Gasteiger partial charge >= 0.3 is 0 Å². The van der Waals surface area contributed by atoms with Gasteiger partial charge < -0.3 is 5.32 Å². The number of nitrogens with one attached hydrogen (secondary N) is 1. The highest BCUT2D eigenvalue weighted by Crippen LogP contribution is 2.38. The molecule has 72 valence electrons. The molecular weight excluding hydrogens is 162 g/mol. The number of hydrogen-bond donors (Lipinski definition) is 1. The van der Waals surface area contributed by atoms with Gasteiger partial charge in [0.05, 0.1) is 0 Å². The highest BCUT2D eigenvalue weighted by Gasteiger charge is 2.39. The minimum atomic E-state index is 0.327. The second-order valence-electron chi connectivity index (χ2n) is 4.25. The van der Waals surface area contributed by atoms with E-state index in [0.29, 0.717) is 11.7 Å². The van der Waals surface area contributed by atoms with E-state index in [1.807, 2.05) is 13.0 Å². The molecule has 1 heterocycles. The molecule has 0 amide bonds. The van der Waals surface area contributed by atoms with Crippen LogP contribution in [0.2, 0.25) is 0 Å². The van der Waals surface area contributed by atoms with Crippen LogP contribution in [-0.2, 0) is 4.79 Å². The maximum atomic E-state index is 11.6. The lowest BCUT2D eigenvalue weighted by Crippen LogP contribution is -2.15. The second-order valence-corrected chi connectivity index (χ2v) is 4.25. The monoisotopic (exact) mass is 179 g/mol. The lowest BCUT2D eigenvalue weighted by atomic mass is 10.0. The van der Waals surface area contributed by atoms with E-state index in [0.717, 1.165) is 37.8 Å². The van der Waals surface area contributed by atoms with Crippen LogP contribution in [0, 0.1) is 17.8 Å². The molecule has 0 spiro atoms. The first-order chi connectivity index (χ1) is 6.31. The van der Waals surface area contributed by atoms with Gasteiger partial charge in [0.15, 0.2) is 5.78 Å². The fourth-order valence-electron chi connectivity index (χ4n) is 2.70. The number of carbonyl (C=O) groups excluding carboxylic acids is 1. The molecule has 0 aromatic carbocycles. The molecule has 0 unspecified atom stereocenters. The Kier molecular flexibility index (Phi) is 2.49. The van der Waals surface area contributed by atoms with Crippen molar-refractivity contribution in [2.45, 2.75) is 19.8 Å². The lowest BCUT2D eigenvalue weighted by Gasteiger charge is -2.06. The van der Waals surface area contributed by atoms with E-state index in [-0.39, 0.29) is 0 Å². The summed E-state index contributed by atoms with van der Waals surface area (Å²) in [6.07, 6.45) is 5.81. The van der Waals surface area contributed by atoms with Crippen LogP contribution in [-0.4, -0.2) is 18.9 Å². The molecular formula is C11H17NO. The number of rotatable bonds is 2. The molecule has 2 atom stereocenters. The van der Waals surface area contributed by atoms with Crippen molar-refractivity contribution in [3.05, 3.63) is 12.2 Å². The van der Waals surface area contributed by atoms with Crippen molar-refractivity contribution in [1.29, 1.82) is 0 Å². The zero-order valence-electron chi connectivity index (χ0n) is 8.12. The Morgan fingerprint density at radius 1 is 1.31 bits per heavy atom. The van der Waals surface area contributed by atoms with E-state index in [9.17, 15) is 4.79 Å². The zero-order valence-corrected chi connectivity index (χ0v) is 8.12. The summed E-state index contributed by atoms with van der Waals surface area (Å²) in [7, 11) is 0. The molecule has 1 aliphatic carbocycles. The molecule has 2 aliphatic rings. The van der Waals surface area contributed by atoms with Crippen LogP contribution in [0.25, 0.3) is 0 Å². The predicted octanol–water partition coefficient (Wildman–Crippen LogP) is 1.38. The number of carbonyl (C=O) groups is 1. The summed E-state index contributed by atoms with van der Waals surface area (Å²) >= 11 is 0. The van der Waals surface area contributed by atoms with E-state index in [1.54, 1.807) is 6.08 Å². The van der Waals surface area contributed by atoms with Crippen LogP contribution in [0.15, 0.2) is 12.2 Å². The van der Waals surface area contributed by atoms with Crippen molar-refractivity contribution in [3.63, 3.8) is 0 Å². The van der Waals surface area contributed by atoms with Crippen molar-refractivity contribution >= 4 is 5.78 Å². The van der Waals surface area contributed by atoms with Crippen LogP contribution in [0.4, 0.5) is 0 Å². The molecule has 1 N–H and O–H groups in total. The molecule has 1 saturated heterocycles. The zero-order chi connectivity index (χ0) is 9.26. The minimum Gasteiger partial charge on any atom is -0.316 e. The molecule has 2 rings (SSSR count). The molecule has 2 nitrogen and oxygen atoms in total. The molecule has 1 aliphatic heterocycles. The fraction of sp³-hybridized carbons (Fsp3) is 0.727. The number of ketones is 1. The maximum absolute atomic E-state index is 11.6. The van der Waals surface area contributed by atoms with E-state index in [2.05, 4.69) is 5.32 Å². The predicted molar refractivity (Wildman–Crippen MR) is 52.4 cm³/mol. The van der Waals surface area contributed by atoms with Gasteiger partial charge in [0.1, 0.15) is 0 Å². The van der Waals surface area contributed by atoms with Crippen molar-refractivity contribution in [3.8, 4) is 0 Å². The second kappa shape index (κ2) is 3.62. The quantitative estimate of drug-likeness (QED) is 0.649. The van der Waals surface area contributed by atoms with Crippen molar-refractivity contribution in [2.75, 3.05) is 13.1 Å². The lowest BCUT2D eigenvalue weighted by molar-refractivity contribution is -0.118. The van der Waals surface area contributed by atoms with Gasteiger partial charge in [0.25, 0.3) is 0 Å². The van der Waals surface area contributed by atoms with Gasteiger partial charge in [-0.25, -0.2) is 0 Å². The molecule has 0 radical (unpaired) electrons. The summed E-state index contributed by atoms with van der Waals surface area (Å²) in [4.78, 5) is 11.6. The van der Waals surface area contributed by atoms with Crippen LogP contribution < -0.4 is 5.32 Å².